The molecule has 0 saturated heterocycles. The van der Waals surface area contributed by atoms with Gasteiger partial charge in [0, 0.05) is 6.07 Å². The molecule has 7 heteroatoms. The van der Waals surface area contributed by atoms with Crippen LogP contribution in [0, 0.1) is 6.92 Å². The van der Waals surface area contributed by atoms with E-state index < -0.39 is 0 Å². The highest BCUT2D eigenvalue weighted by atomic mass is 35.5. The maximum atomic E-state index is 11.6. The zero-order chi connectivity index (χ0) is 12.3. The topological polar surface area (TPSA) is 80.9 Å². The number of halogens is 1. The van der Waals surface area contributed by atoms with Gasteiger partial charge in [0.2, 0.25) is 0 Å². The first-order valence-corrected chi connectivity index (χ1v) is 5.21. The number of nitrogens with one attached hydrogen (secondary N) is 1. The van der Waals surface area contributed by atoms with Crippen LogP contribution < -0.4 is 5.32 Å². The van der Waals surface area contributed by atoms with E-state index >= 15 is 0 Å². The van der Waals surface area contributed by atoms with E-state index in [4.69, 9.17) is 16.1 Å². The predicted molar refractivity (Wildman–Crippen MR) is 59.5 cm³/mol. The third-order valence-corrected chi connectivity index (χ3v) is 2.13. The first kappa shape index (κ1) is 11.5. The molecule has 1 amide bonds. The van der Waals surface area contributed by atoms with E-state index in [0.717, 1.165) is 0 Å². The van der Waals surface area contributed by atoms with E-state index in [1.165, 1.54) is 12.4 Å². The Bertz CT molecular complexity index is 541. The number of hydrogen-bond acceptors (Lipinski definition) is 5. The van der Waals surface area contributed by atoms with Gasteiger partial charge in [0.1, 0.15) is 22.3 Å². The van der Waals surface area contributed by atoms with Crippen molar-refractivity contribution >= 4 is 17.5 Å². The van der Waals surface area contributed by atoms with E-state index in [0.29, 0.717) is 11.5 Å². The smallest absolute Gasteiger partial charge is 0.271 e. The Kier molecular flexibility index (Phi) is 3.34. The largest absolute Gasteiger partial charge is 0.361 e. The molecule has 6 nitrogen and oxygen atoms in total. The molecule has 0 saturated carbocycles. The van der Waals surface area contributed by atoms with Crippen molar-refractivity contribution in [2.24, 2.45) is 0 Å². The second-order valence-electron chi connectivity index (χ2n) is 3.34. The molecule has 0 radical (unpaired) electrons. The molecule has 2 aromatic heterocycles. The van der Waals surface area contributed by atoms with E-state index in [1.807, 2.05) is 0 Å². The molecule has 0 aliphatic carbocycles. The normalized spacial score (nSPS) is 10.2. The van der Waals surface area contributed by atoms with Gasteiger partial charge in [-0.25, -0.2) is 4.98 Å². The Morgan fingerprint density at radius 1 is 1.53 bits per heavy atom. The minimum atomic E-state index is -0.361. The molecule has 0 unspecified atom stereocenters. The molecular formula is C10H9ClN4O2. The summed E-state index contributed by atoms with van der Waals surface area (Å²) in [6, 6.07) is 1.74. The van der Waals surface area contributed by atoms with Crippen LogP contribution in [-0.2, 0) is 6.54 Å². The first-order valence-electron chi connectivity index (χ1n) is 4.83. The molecule has 0 bridgehead atoms. The Morgan fingerprint density at radius 3 is 3.00 bits per heavy atom. The van der Waals surface area contributed by atoms with Crippen LogP contribution in [-0.4, -0.2) is 21.0 Å². The quantitative estimate of drug-likeness (QED) is 0.892. The molecule has 1 N–H and O–H groups in total. The van der Waals surface area contributed by atoms with Gasteiger partial charge < -0.3 is 9.84 Å². The average molecular weight is 253 g/mol. The van der Waals surface area contributed by atoms with Gasteiger partial charge in [0.05, 0.1) is 18.9 Å². The summed E-state index contributed by atoms with van der Waals surface area (Å²) in [4.78, 5) is 19.3. The lowest BCUT2D eigenvalue weighted by molar-refractivity contribution is 0.0944. The van der Waals surface area contributed by atoms with Crippen molar-refractivity contribution in [1.29, 1.82) is 0 Å². The molecule has 17 heavy (non-hydrogen) atoms. The van der Waals surface area contributed by atoms with Crippen molar-refractivity contribution in [1.82, 2.24) is 20.4 Å². The fraction of sp³-hybridized carbons (Fsp3) is 0.200. The molecule has 0 aliphatic heterocycles. The van der Waals surface area contributed by atoms with Crippen LogP contribution in [0.4, 0.5) is 0 Å². The second kappa shape index (κ2) is 4.92. The highest BCUT2D eigenvalue weighted by Crippen LogP contribution is 2.04. The van der Waals surface area contributed by atoms with Gasteiger partial charge in [-0.2, -0.15) is 0 Å². The van der Waals surface area contributed by atoms with Crippen LogP contribution in [0.15, 0.2) is 23.0 Å². The van der Waals surface area contributed by atoms with Crippen LogP contribution in [0.2, 0.25) is 5.15 Å². The highest BCUT2D eigenvalue weighted by Gasteiger charge is 2.09. The zero-order valence-electron chi connectivity index (χ0n) is 8.98. The maximum absolute atomic E-state index is 11.6. The van der Waals surface area contributed by atoms with Gasteiger partial charge >= 0.3 is 0 Å². The molecule has 2 heterocycles. The van der Waals surface area contributed by atoms with Gasteiger partial charge in [-0.05, 0) is 6.92 Å². The molecule has 0 aliphatic rings. The highest BCUT2D eigenvalue weighted by molar-refractivity contribution is 6.29. The van der Waals surface area contributed by atoms with Crippen LogP contribution >= 0.6 is 11.6 Å². The van der Waals surface area contributed by atoms with Crippen LogP contribution in [0.5, 0.6) is 0 Å². The van der Waals surface area contributed by atoms with Crippen molar-refractivity contribution in [2.45, 2.75) is 13.5 Å². The first-order chi connectivity index (χ1) is 8.15. The predicted octanol–water partition coefficient (Wildman–Crippen LogP) is 1.36. The maximum Gasteiger partial charge on any atom is 0.271 e. The molecule has 2 rings (SSSR count). The van der Waals surface area contributed by atoms with Crippen LogP contribution in [0.1, 0.15) is 21.9 Å². The lowest BCUT2D eigenvalue weighted by atomic mass is 10.3. The van der Waals surface area contributed by atoms with Gasteiger partial charge in [0.25, 0.3) is 5.91 Å². The summed E-state index contributed by atoms with van der Waals surface area (Å²) in [6.07, 6.45) is 2.70. The van der Waals surface area contributed by atoms with Crippen molar-refractivity contribution in [2.75, 3.05) is 0 Å². The zero-order valence-corrected chi connectivity index (χ0v) is 9.73. The fourth-order valence-electron chi connectivity index (χ4n) is 1.21. The summed E-state index contributed by atoms with van der Waals surface area (Å²) in [5.74, 6) is 0.331. The summed E-state index contributed by atoms with van der Waals surface area (Å²) in [7, 11) is 0. The van der Waals surface area contributed by atoms with Crippen molar-refractivity contribution < 1.29 is 9.32 Å². The van der Waals surface area contributed by atoms with Crippen molar-refractivity contribution in [3.05, 3.63) is 40.8 Å². The number of aryl methyl sites for hydroxylation is 1. The molecule has 0 atom stereocenters. The summed E-state index contributed by atoms with van der Waals surface area (Å²) < 4.78 is 4.87. The van der Waals surface area contributed by atoms with E-state index in [-0.39, 0.29) is 23.3 Å². The Morgan fingerprint density at radius 2 is 2.35 bits per heavy atom. The number of rotatable bonds is 3. The summed E-state index contributed by atoms with van der Waals surface area (Å²) in [5, 5.41) is 6.56. The minimum Gasteiger partial charge on any atom is -0.361 e. The lowest BCUT2D eigenvalue weighted by Crippen LogP contribution is -2.24. The van der Waals surface area contributed by atoms with Gasteiger partial charge in [0.15, 0.2) is 0 Å². The number of aromatic nitrogens is 3. The number of nitrogens with zero attached hydrogens (tertiary/aromatic N) is 3. The van der Waals surface area contributed by atoms with Crippen LogP contribution in [0.3, 0.4) is 0 Å². The molecular weight excluding hydrogens is 244 g/mol. The molecule has 2 aromatic rings. The third kappa shape index (κ3) is 3.01. The molecule has 0 aromatic carbocycles. The number of carbonyl (C=O) groups excluding carboxylic acids is 1. The molecule has 0 fully saturated rings. The summed E-state index contributed by atoms with van der Waals surface area (Å²) in [5.41, 5.74) is 0.809. The van der Waals surface area contributed by atoms with E-state index in [9.17, 15) is 4.79 Å². The van der Waals surface area contributed by atoms with Gasteiger partial charge in [-0.3, -0.25) is 9.78 Å². The van der Waals surface area contributed by atoms with Gasteiger partial charge in [-0.1, -0.05) is 16.8 Å². The summed E-state index contributed by atoms with van der Waals surface area (Å²) in [6.45, 7) is 2.05. The molecule has 88 valence electrons. The molecule has 0 spiro atoms. The number of carbonyl (C=O) groups is 1. The lowest BCUT2D eigenvalue weighted by Gasteiger charge is -2.01. The second-order valence-corrected chi connectivity index (χ2v) is 3.73. The van der Waals surface area contributed by atoms with Crippen molar-refractivity contribution in [3.8, 4) is 0 Å². The average Bonchev–Trinajstić information content (AvgIpc) is 2.72. The Labute approximate surface area is 102 Å². The number of amides is 1. The summed E-state index contributed by atoms with van der Waals surface area (Å²) >= 11 is 5.63. The third-order valence-electron chi connectivity index (χ3n) is 1.94. The minimum absolute atomic E-state index is 0.165. The number of hydrogen-bond donors (Lipinski definition) is 1. The fourth-order valence-corrected chi connectivity index (χ4v) is 1.36. The van der Waals surface area contributed by atoms with Gasteiger partial charge in [-0.15, -0.1) is 0 Å². The Balaban J connectivity index is 1.98. The SMILES string of the molecule is Cc1cc(CNC(=O)c2cncc(Cl)n2)no1. The van der Waals surface area contributed by atoms with E-state index in [2.05, 4.69) is 20.4 Å². The monoisotopic (exact) mass is 252 g/mol. The van der Waals surface area contributed by atoms with Crippen molar-refractivity contribution in [3.63, 3.8) is 0 Å². The van der Waals surface area contributed by atoms with Crippen LogP contribution in [0.25, 0.3) is 0 Å². The standard InChI is InChI=1S/C10H9ClN4O2/c1-6-2-7(15-17-6)3-13-10(16)8-4-12-5-9(11)14-8/h2,4-5H,3H2,1H3,(H,13,16). The Hall–Kier alpha value is -1.95. The van der Waals surface area contributed by atoms with E-state index in [1.54, 1.807) is 13.0 Å².